The number of halogens is 2. The van der Waals surface area contributed by atoms with Crippen molar-refractivity contribution in [3.8, 4) is 0 Å². The molecule has 6 nitrogen and oxygen atoms in total. The van der Waals surface area contributed by atoms with Crippen molar-refractivity contribution in [1.82, 2.24) is 19.8 Å². The van der Waals surface area contributed by atoms with Gasteiger partial charge in [-0.15, -0.1) is 0 Å². The molecule has 0 saturated carbocycles. The molecule has 3 heterocycles. The Labute approximate surface area is 210 Å². The van der Waals surface area contributed by atoms with Crippen LogP contribution in [-0.4, -0.2) is 58.6 Å². The van der Waals surface area contributed by atoms with E-state index in [1.807, 2.05) is 23.4 Å². The molecule has 1 aromatic heterocycles. The minimum Gasteiger partial charge on any atom is -0.365 e. The lowest BCUT2D eigenvalue weighted by atomic mass is 10.0. The Morgan fingerprint density at radius 3 is 2.74 bits per heavy atom. The summed E-state index contributed by atoms with van der Waals surface area (Å²) in [6.07, 6.45) is 5.12. The van der Waals surface area contributed by atoms with Crippen LogP contribution in [0.2, 0.25) is 10.0 Å². The number of piperazine rings is 1. The number of rotatable bonds is 4. The Hall–Kier alpha value is -2.28. The number of benzene rings is 2. The quantitative estimate of drug-likeness (QED) is 0.540. The molecular weight excluding hydrogens is 469 g/mol. The van der Waals surface area contributed by atoms with E-state index in [2.05, 4.69) is 51.8 Å². The molecule has 8 heteroatoms. The predicted octanol–water partition coefficient (Wildman–Crippen LogP) is 5.13. The molecule has 0 bridgehead atoms. The molecular formula is C26H31Cl2N5O. The zero-order valence-corrected chi connectivity index (χ0v) is 21.2. The molecule has 5 rings (SSSR count). The van der Waals surface area contributed by atoms with Gasteiger partial charge in [-0.3, -0.25) is 4.79 Å². The Kier molecular flexibility index (Phi) is 6.74. The fraction of sp³-hybridized carbons (Fsp3) is 0.462. The molecule has 1 amide bonds. The fourth-order valence-electron chi connectivity index (χ4n) is 5.32. The Morgan fingerprint density at radius 2 is 2.00 bits per heavy atom. The van der Waals surface area contributed by atoms with Crippen LogP contribution in [0.1, 0.15) is 44.7 Å². The van der Waals surface area contributed by atoms with Crippen molar-refractivity contribution in [2.75, 3.05) is 31.1 Å². The van der Waals surface area contributed by atoms with Crippen molar-refractivity contribution in [3.63, 3.8) is 0 Å². The zero-order valence-electron chi connectivity index (χ0n) is 19.7. The van der Waals surface area contributed by atoms with Gasteiger partial charge in [-0.2, -0.15) is 0 Å². The molecule has 0 unspecified atom stereocenters. The molecule has 0 radical (unpaired) electrons. The van der Waals surface area contributed by atoms with Gasteiger partial charge >= 0.3 is 0 Å². The standard InChI is InChI=1S/C26H31Cl2N5O/c1-17-15-31(26(34)24-5-3-4-10-29-24)11-12-32(17)20-7-9-23-25(14-20)33(16-30-23)18(2)21-8-6-19(27)13-22(21)28/h6-9,13-14,16-18,24,29H,3-5,10-12,15H2,1-2H3/t17-,18-,24-/m1/s1. The first-order valence-electron chi connectivity index (χ1n) is 12.1. The molecule has 0 aliphatic carbocycles. The molecule has 2 saturated heterocycles. The number of fused-ring (bicyclic) bond motifs is 1. The first-order valence-corrected chi connectivity index (χ1v) is 12.9. The average Bonchev–Trinajstić information content (AvgIpc) is 3.27. The van der Waals surface area contributed by atoms with E-state index in [9.17, 15) is 4.79 Å². The second kappa shape index (κ2) is 9.76. The first kappa shape index (κ1) is 23.5. The summed E-state index contributed by atoms with van der Waals surface area (Å²) in [5, 5.41) is 4.68. The SMILES string of the molecule is C[C@@H]1CN(C(=O)[C@H]2CCCCN2)CCN1c1ccc2ncn([C@H](C)c3ccc(Cl)cc3Cl)c2c1. The molecule has 1 N–H and O–H groups in total. The summed E-state index contributed by atoms with van der Waals surface area (Å²) in [6, 6.07) is 12.3. The average molecular weight is 500 g/mol. The minimum absolute atomic E-state index is 0.0138. The number of imidazole rings is 1. The smallest absolute Gasteiger partial charge is 0.239 e. The van der Waals surface area contributed by atoms with Gasteiger partial charge in [-0.05, 0) is 69.1 Å². The van der Waals surface area contributed by atoms with Gasteiger partial charge in [0, 0.05) is 41.4 Å². The third kappa shape index (κ3) is 4.51. The minimum atomic E-state index is -0.0145. The van der Waals surface area contributed by atoms with Gasteiger partial charge in [0.25, 0.3) is 0 Å². The Morgan fingerprint density at radius 1 is 1.15 bits per heavy atom. The summed E-state index contributed by atoms with van der Waals surface area (Å²) in [7, 11) is 0. The molecule has 180 valence electrons. The number of carbonyl (C=O) groups excluding carboxylic acids is 1. The van der Waals surface area contributed by atoms with Gasteiger partial charge in [0.15, 0.2) is 0 Å². The van der Waals surface area contributed by atoms with Crippen LogP contribution in [-0.2, 0) is 4.79 Å². The molecule has 2 fully saturated rings. The predicted molar refractivity (Wildman–Crippen MR) is 139 cm³/mol. The van der Waals surface area contributed by atoms with Crippen LogP contribution in [0.25, 0.3) is 11.0 Å². The highest BCUT2D eigenvalue weighted by atomic mass is 35.5. The van der Waals surface area contributed by atoms with E-state index >= 15 is 0 Å². The number of anilines is 1. The second-order valence-electron chi connectivity index (χ2n) is 9.50. The van der Waals surface area contributed by atoms with Crippen LogP contribution in [0.15, 0.2) is 42.7 Å². The monoisotopic (exact) mass is 499 g/mol. The lowest BCUT2D eigenvalue weighted by Gasteiger charge is -2.42. The summed E-state index contributed by atoms with van der Waals surface area (Å²) in [5.41, 5.74) is 4.17. The van der Waals surface area contributed by atoms with E-state index in [0.29, 0.717) is 10.0 Å². The van der Waals surface area contributed by atoms with E-state index in [1.54, 1.807) is 6.07 Å². The van der Waals surface area contributed by atoms with Gasteiger partial charge < -0.3 is 19.7 Å². The maximum atomic E-state index is 13.0. The summed E-state index contributed by atoms with van der Waals surface area (Å²) >= 11 is 12.6. The van der Waals surface area contributed by atoms with Crippen molar-refractivity contribution < 1.29 is 4.79 Å². The maximum Gasteiger partial charge on any atom is 0.239 e. The number of aromatic nitrogens is 2. The van der Waals surface area contributed by atoms with E-state index in [4.69, 9.17) is 23.2 Å². The third-order valence-corrected chi connectivity index (χ3v) is 7.83. The molecule has 2 aromatic carbocycles. The largest absolute Gasteiger partial charge is 0.365 e. The van der Waals surface area contributed by atoms with E-state index in [-0.39, 0.29) is 24.0 Å². The van der Waals surface area contributed by atoms with Crippen molar-refractivity contribution in [2.24, 2.45) is 0 Å². The number of piperidine rings is 1. The van der Waals surface area contributed by atoms with Gasteiger partial charge in [0.2, 0.25) is 5.91 Å². The number of nitrogens with one attached hydrogen (secondary N) is 1. The number of hydrogen-bond donors (Lipinski definition) is 1. The lowest BCUT2D eigenvalue weighted by molar-refractivity contribution is -0.134. The lowest BCUT2D eigenvalue weighted by Crippen LogP contribution is -2.58. The van der Waals surface area contributed by atoms with Gasteiger partial charge in [0.05, 0.1) is 29.4 Å². The molecule has 0 spiro atoms. The second-order valence-corrected chi connectivity index (χ2v) is 10.3. The third-order valence-electron chi connectivity index (χ3n) is 7.27. The summed E-state index contributed by atoms with van der Waals surface area (Å²) < 4.78 is 2.16. The van der Waals surface area contributed by atoms with E-state index in [0.717, 1.165) is 67.7 Å². The molecule has 2 aliphatic heterocycles. The first-order chi connectivity index (χ1) is 16.4. The van der Waals surface area contributed by atoms with Crippen LogP contribution < -0.4 is 10.2 Å². The fourth-order valence-corrected chi connectivity index (χ4v) is 5.88. The highest BCUT2D eigenvalue weighted by Crippen LogP contribution is 2.32. The van der Waals surface area contributed by atoms with Crippen molar-refractivity contribution >= 4 is 45.8 Å². The Bertz CT molecular complexity index is 1190. The van der Waals surface area contributed by atoms with Gasteiger partial charge in [0.1, 0.15) is 0 Å². The van der Waals surface area contributed by atoms with Crippen LogP contribution in [0.4, 0.5) is 5.69 Å². The van der Waals surface area contributed by atoms with Crippen LogP contribution in [0.5, 0.6) is 0 Å². The zero-order chi connectivity index (χ0) is 23.8. The van der Waals surface area contributed by atoms with Gasteiger partial charge in [-0.25, -0.2) is 4.98 Å². The van der Waals surface area contributed by atoms with Crippen molar-refractivity contribution in [3.05, 3.63) is 58.3 Å². The summed E-state index contributed by atoms with van der Waals surface area (Å²) in [6.45, 7) is 7.57. The number of amides is 1. The number of nitrogens with zero attached hydrogens (tertiary/aromatic N) is 4. The van der Waals surface area contributed by atoms with Crippen LogP contribution >= 0.6 is 23.2 Å². The number of carbonyl (C=O) groups is 1. The van der Waals surface area contributed by atoms with Crippen LogP contribution in [0.3, 0.4) is 0 Å². The maximum absolute atomic E-state index is 13.0. The highest BCUT2D eigenvalue weighted by molar-refractivity contribution is 6.35. The van der Waals surface area contributed by atoms with E-state index in [1.165, 1.54) is 0 Å². The van der Waals surface area contributed by atoms with E-state index < -0.39 is 0 Å². The van der Waals surface area contributed by atoms with Crippen molar-refractivity contribution in [1.29, 1.82) is 0 Å². The Balaban J connectivity index is 1.36. The molecule has 2 aliphatic rings. The van der Waals surface area contributed by atoms with Crippen LogP contribution in [0, 0.1) is 0 Å². The summed E-state index contributed by atoms with van der Waals surface area (Å²) in [4.78, 5) is 22.1. The molecule has 3 atom stereocenters. The molecule has 3 aromatic rings. The molecule has 34 heavy (non-hydrogen) atoms. The number of hydrogen-bond acceptors (Lipinski definition) is 4. The van der Waals surface area contributed by atoms with Crippen molar-refractivity contribution in [2.45, 2.75) is 51.2 Å². The highest BCUT2D eigenvalue weighted by Gasteiger charge is 2.31. The van der Waals surface area contributed by atoms with Gasteiger partial charge in [-0.1, -0.05) is 35.7 Å². The summed E-state index contributed by atoms with van der Waals surface area (Å²) in [5.74, 6) is 0.258. The normalized spacial score (nSPS) is 22.2. The topological polar surface area (TPSA) is 53.4 Å².